The van der Waals surface area contributed by atoms with Crippen LogP contribution < -0.4 is 19.9 Å². The topological polar surface area (TPSA) is 179 Å². The van der Waals surface area contributed by atoms with Crippen molar-refractivity contribution in [3.05, 3.63) is 64.4 Å². The van der Waals surface area contributed by atoms with Crippen LogP contribution >= 0.6 is 11.6 Å². The van der Waals surface area contributed by atoms with E-state index in [0.29, 0.717) is 54.5 Å². The normalized spacial score (nSPS) is 16.0. The van der Waals surface area contributed by atoms with Gasteiger partial charge in [0.1, 0.15) is 11.8 Å². The van der Waals surface area contributed by atoms with Gasteiger partial charge in [-0.15, -0.1) is 5.10 Å². The molecule has 3 N–H and O–H groups in total. The molecule has 2 atom stereocenters. The number of aromatic nitrogens is 4. The summed E-state index contributed by atoms with van der Waals surface area (Å²) in [6.07, 6.45) is -0.249. The number of amides is 1. The van der Waals surface area contributed by atoms with E-state index in [4.69, 9.17) is 21.3 Å². The number of ether oxygens (including phenoxy) is 1. The van der Waals surface area contributed by atoms with E-state index in [1.165, 1.54) is 15.6 Å². The smallest absolute Gasteiger partial charge is 0.407 e. The highest BCUT2D eigenvalue weighted by Gasteiger charge is 2.35. The number of aliphatic hydroxyl groups excluding tert-OH is 1. The van der Waals surface area contributed by atoms with Gasteiger partial charge in [-0.3, -0.25) is 0 Å². The molecule has 0 saturated carbocycles. The summed E-state index contributed by atoms with van der Waals surface area (Å²) in [6.45, 7) is 5.55. The fraction of sp³-hybridized carbons (Fsp3) is 0.355. The van der Waals surface area contributed by atoms with E-state index in [9.17, 15) is 25.5 Å². The molecule has 0 radical (unpaired) electrons. The average Bonchev–Trinajstić information content (AvgIpc) is 3.48. The first-order chi connectivity index (χ1) is 22.2. The van der Waals surface area contributed by atoms with Gasteiger partial charge >= 0.3 is 6.09 Å². The Morgan fingerprint density at radius 3 is 2.57 bits per heavy atom. The lowest BCUT2D eigenvalue weighted by atomic mass is 9.99. The molecule has 2 aromatic carbocycles. The number of nitrogens with zero attached hydrogens (tertiary/aromatic N) is 9. The van der Waals surface area contributed by atoms with E-state index in [1.807, 2.05) is 41.0 Å². The van der Waals surface area contributed by atoms with Gasteiger partial charge in [0.05, 0.1) is 53.5 Å². The number of benzene rings is 2. The van der Waals surface area contributed by atoms with Crippen LogP contribution in [0.25, 0.3) is 5.65 Å². The van der Waals surface area contributed by atoms with Crippen molar-refractivity contribution in [3.8, 4) is 17.9 Å². The number of methoxy groups -OCH3 is 1. The lowest BCUT2D eigenvalue weighted by molar-refractivity contribution is 0.0404. The standard InChI is InChI=1S/C31H33ClN10O4/c1-4-39(17-19-6-8-22(46-3)9-7-19)29-28-35-16-21(15-34)42(28)38-30(37-29)36-23-12-20(14-33)13-25(27(23)32)40-11-10-24(26(43)18-40)41(5-2)31(44)45/h6-9,12-13,16,24,26,43H,4-5,10-11,17-18H2,1-3H3,(H,36,38)(H,44,45)/t24-,26+/m1/s1. The number of aliphatic hydroxyl groups is 1. The van der Waals surface area contributed by atoms with E-state index < -0.39 is 18.2 Å². The van der Waals surface area contributed by atoms with Crippen LogP contribution in [0.1, 0.15) is 37.1 Å². The molecular weight excluding hydrogens is 612 g/mol. The van der Waals surface area contributed by atoms with Crippen LogP contribution in [-0.2, 0) is 6.54 Å². The van der Waals surface area contributed by atoms with Gasteiger partial charge in [0.15, 0.2) is 17.2 Å². The first-order valence-electron chi connectivity index (χ1n) is 14.7. The van der Waals surface area contributed by atoms with Gasteiger partial charge < -0.3 is 35.0 Å². The van der Waals surface area contributed by atoms with Crippen molar-refractivity contribution < 1.29 is 19.7 Å². The number of β-amino-alcohol motifs (C(OH)–C–C–N with tert-alkyl or cyclic N) is 1. The third-order valence-electron chi connectivity index (χ3n) is 7.98. The Bertz CT molecular complexity index is 1820. The zero-order valence-corrected chi connectivity index (χ0v) is 26.3. The number of halogens is 1. The SMILES string of the molecule is CCN(Cc1ccc(OC)cc1)c1nc(Nc2cc(C#N)cc(N3CC[C@@H](N(CC)C(=O)O)[C@@H](O)C3)c2Cl)nn2c(C#N)cnc12. The molecule has 0 spiro atoms. The van der Waals surface area contributed by atoms with Crippen molar-refractivity contribution in [2.45, 2.75) is 39.0 Å². The van der Waals surface area contributed by atoms with Gasteiger partial charge in [-0.1, -0.05) is 23.7 Å². The molecule has 1 fully saturated rings. The highest BCUT2D eigenvalue weighted by molar-refractivity contribution is 6.36. The second kappa shape index (κ2) is 13.8. The Kier molecular flexibility index (Phi) is 9.61. The molecule has 1 aliphatic rings. The van der Waals surface area contributed by atoms with Gasteiger partial charge in [0, 0.05) is 32.7 Å². The lowest BCUT2D eigenvalue weighted by Gasteiger charge is -2.41. The largest absolute Gasteiger partial charge is 0.497 e. The number of likely N-dealkylation sites (N-methyl/N-ethyl adjacent to an activating group) is 1. The maximum atomic E-state index is 11.7. The van der Waals surface area contributed by atoms with Crippen LogP contribution in [-0.4, -0.2) is 86.2 Å². The summed E-state index contributed by atoms with van der Waals surface area (Å²) >= 11 is 6.92. The van der Waals surface area contributed by atoms with Gasteiger partial charge in [-0.2, -0.15) is 20.0 Å². The van der Waals surface area contributed by atoms with Crippen molar-refractivity contribution in [2.24, 2.45) is 0 Å². The molecule has 1 aliphatic heterocycles. The Morgan fingerprint density at radius 2 is 1.96 bits per heavy atom. The number of fused-ring (bicyclic) bond motifs is 1. The third-order valence-corrected chi connectivity index (χ3v) is 8.37. The first-order valence-corrected chi connectivity index (χ1v) is 15.1. The maximum absolute atomic E-state index is 11.7. The second-order valence-electron chi connectivity index (χ2n) is 10.6. The molecular formula is C31H33ClN10O4. The average molecular weight is 645 g/mol. The Balaban J connectivity index is 1.49. The summed E-state index contributed by atoms with van der Waals surface area (Å²) in [5.41, 5.74) is 2.75. The fourth-order valence-corrected chi connectivity index (χ4v) is 5.90. The van der Waals surface area contributed by atoms with E-state index in [1.54, 1.807) is 26.2 Å². The summed E-state index contributed by atoms with van der Waals surface area (Å²) in [6, 6.07) is 14.6. The molecule has 0 bridgehead atoms. The van der Waals surface area contributed by atoms with Crippen molar-refractivity contribution >= 4 is 46.5 Å². The van der Waals surface area contributed by atoms with Crippen LogP contribution in [0.2, 0.25) is 5.02 Å². The van der Waals surface area contributed by atoms with Crippen LogP contribution in [0.15, 0.2) is 42.6 Å². The van der Waals surface area contributed by atoms with Crippen LogP contribution in [0.4, 0.5) is 27.9 Å². The van der Waals surface area contributed by atoms with Gasteiger partial charge in [0.2, 0.25) is 5.95 Å². The summed E-state index contributed by atoms with van der Waals surface area (Å²) in [4.78, 5) is 25.9. The monoisotopic (exact) mass is 644 g/mol. The fourth-order valence-electron chi connectivity index (χ4n) is 5.62. The minimum atomic E-state index is -1.09. The Morgan fingerprint density at radius 1 is 1.20 bits per heavy atom. The van der Waals surface area contributed by atoms with E-state index >= 15 is 0 Å². The molecule has 1 amide bonds. The molecule has 14 nitrogen and oxygen atoms in total. The van der Waals surface area contributed by atoms with Crippen molar-refractivity contribution in [3.63, 3.8) is 0 Å². The number of imidazole rings is 1. The number of nitriles is 2. The molecule has 2 aromatic heterocycles. The Hall–Kier alpha value is -5.31. The molecule has 0 unspecified atom stereocenters. The lowest BCUT2D eigenvalue weighted by Crippen LogP contribution is -2.55. The van der Waals surface area contributed by atoms with E-state index in [2.05, 4.69) is 27.5 Å². The molecule has 0 aliphatic carbocycles. The van der Waals surface area contributed by atoms with E-state index in [0.717, 1.165) is 11.3 Å². The summed E-state index contributed by atoms with van der Waals surface area (Å²) < 4.78 is 6.69. The predicted molar refractivity (Wildman–Crippen MR) is 172 cm³/mol. The van der Waals surface area contributed by atoms with Crippen LogP contribution in [0, 0.1) is 22.7 Å². The zero-order valence-electron chi connectivity index (χ0n) is 25.6. The minimum Gasteiger partial charge on any atom is -0.497 e. The van der Waals surface area contributed by atoms with Gasteiger partial charge in [-0.25, -0.2) is 9.78 Å². The highest BCUT2D eigenvalue weighted by atomic mass is 35.5. The van der Waals surface area contributed by atoms with Crippen molar-refractivity contribution in [1.29, 1.82) is 10.5 Å². The number of anilines is 4. The van der Waals surface area contributed by atoms with Gasteiger partial charge in [0.25, 0.3) is 0 Å². The summed E-state index contributed by atoms with van der Waals surface area (Å²) in [5.74, 6) is 1.34. The number of carboxylic acid groups (broad SMARTS) is 1. The summed E-state index contributed by atoms with van der Waals surface area (Å²) in [5, 5.41) is 48.0. The van der Waals surface area contributed by atoms with E-state index in [-0.39, 0.29) is 29.8 Å². The minimum absolute atomic E-state index is 0.118. The zero-order chi connectivity index (χ0) is 33.0. The second-order valence-corrected chi connectivity index (χ2v) is 11.0. The van der Waals surface area contributed by atoms with Crippen molar-refractivity contribution in [2.75, 3.05) is 48.4 Å². The molecule has 1 saturated heterocycles. The maximum Gasteiger partial charge on any atom is 0.407 e. The molecule has 15 heteroatoms. The number of rotatable bonds is 10. The van der Waals surface area contributed by atoms with Gasteiger partial charge in [-0.05, 0) is 50.1 Å². The number of hydrogen-bond acceptors (Lipinski definition) is 11. The summed E-state index contributed by atoms with van der Waals surface area (Å²) in [7, 11) is 1.61. The van der Waals surface area contributed by atoms with Crippen molar-refractivity contribution in [1.82, 2.24) is 24.5 Å². The number of nitrogens with one attached hydrogen (secondary N) is 1. The number of hydrogen-bond donors (Lipinski definition) is 3. The highest BCUT2D eigenvalue weighted by Crippen LogP contribution is 2.38. The first kappa shape index (κ1) is 32.1. The molecule has 3 heterocycles. The molecule has 5 rings (SSSR count). The third kappa shape index (κ3) is 6.40. The molecule has 46 heavy (non-hydrogen) atoms. The van der Waals surface area contributed by atoms with Crippen LogP contribution in [0.3, 0.4) is 0 Å². The predicted octanol–water partition coefficient (Wildman–Crippen LogP) is 4.24. The molecule has 238 valence electrons. The quantitative estimate of drug-likeness (QED) is 0.224. The van der Waals surface area contributed by atoms with Crippen LogP contribution in [0.5, 0.6) is 5.75 Å². The number of piperidine rings is 1. The molecule has 4 aromatic rings. The Labute approximate surface area is 270 Å². The number of carbonyl (C=O) groups is 1.